The Morgan fingerprint density at radius 3 is 2.68 bits per heavy atom. The smallest absolute Gasteiger partial charge is 0.241 e. The van der Waals surface area contributed by atoms with Gasteiger partial charge in [-0.15, -0.1) is 0 Å². The van der Waals surface area contributed by atoms with Gasteiger partial charge >= 0.3 is 0 Å². The average Bonchev–Trinajstić information content (AvgIpc) is 3.24. The fourth-order valence-electron chi connectivity index (χ4n) is 3.61. The van der Waals surface area contributed by atoms with Gasteiger partial charge in [0.2, 0.25) is 5.91 Å². The van der Waals surface area contributed by atoms with Crippen molar-refractivity contribution in [2.24, 2.45) is 11.8 Å². The molecule has 1 aromatic carbocycles. The Kier molecular flexibility index (Phi) is 6.26. The van der Waals surface area contributed by atoms with E-state index >= 15 is 0 Å². The van der Waals surface area contributed by atoms with Crippen LogP contribution in [-0.4, -0.2) is 55.0 Å². The summed E-state index contributed by atoms with van der Waals surface area (Å²) in [5, 5.41) is 3.95. The van der Waals surface area contributed by atoms with Crippen molar-refractivity contribution >= 4 is 34.8 Å². The quantitative estimate of drug-likeness (QED) is 0.772. The molecule has 4 nitrogen and oxygen atoms in total. The van der Waals surface area contributed by atoms with E-state index < -0.39 is 0 Å². The largest absolute Gasteiger partial charge is 0.323 e. The lowest BCUT2D eigenvalue weighted by Gasteiger charge is -2.25. The van der Waals surface area contributed by atoms with Crippen molar-refractivity contribution in [3.63, 3.8) is 0 Å². The number of hydrogen-bond donors (Lipinski definition) is 1. The Labute approximate surface area is 160 Å². The van der Waals surface area contributed by atoms with Gasteiger partial charge in [-0.3, -0.25) is 9.69 Å². The molecule has 1 aliphatic carbocycles. The molecular formula is C19H27Cl2N3O. The van der Waals surface area contributed by atoms with E-state index in [9.17, 15) is 4.79 Å². The van der Waals surface area contributed by atoms with Gasteiger partial charge in [0.05, 0.1) is 16.8 Å². The third-order valence-electron chi connectivity index (χ3n) is 5.27. The van der Waals surface area contributed by atoms with Crippen molar-refractivity contribution in [1.82, 2.24) is 9.80 Å². The second kappa shape index (κ2) is 8.26. The molecule has 3 rings (SSSR count). The lowest BCUT2D eigenvalue weighted by atomic mass is 10.1. The first-order chi connectivity index (χ1) is 11.9. The minimum Gasteiger partial charge on any atom is -0.323 e. The van der Waals surface area contributed by atoms with Crippen LogP contribution in [0.15, 0.2) is 18.2 Å². The van der Waals surface area contributed by atoms with E-state index in [2.05, 4.69) is 22.2 Å². The molecule has 0 radical (unpaired) electrons. The van der Waals surface area contributed by atoms with E-state index in [1.807, 2.05) is 6.92 Å². The molecule has 0 bridgehead atoms. The van der Waals surface area contributed by atoms with Crippen LogP contribution in [0.2, 0.25) is 10.0 Å². The molecule has 1 heterocycles. The zero-order chi connectivity index (χ0) is 18.0. The molecule has 1 amide bonds. The van der Waals surface area contributed by atoms with Crippen LogP contribution in [0.3, 0.4) is 0 Å². The zero-order valence-electron chi connectivity index (χ0n) is 15.0. The van der Waals surface area contributed by atoms with E-state index in [0.717, 1.165) is 32.0 Å². The first kappa shape index (κ1) is 19.0. The summed E-state index contributed by atoms with van der Waals surface area (Å²) in [7, 11) is 2.22. The molecule has 0 unspecified atom stereocenters. The Morgan fingerprint density at radius 1 is 1.28 bits per heavy atom. The molecule has 1 saturated carbocycles. The molecule has 0 aromatic heterocycles. The summed E-state index contributed by atoms with van der Waals surface area (Å²) in [5.74, 6) is 1.56. The number of carbonyl (C=O) groups is 1. The molecule has 1 aliphatic heterocycles. The van der Waals surface area contributed by atoms with E-state index in [-0.39, 0.29) is 11.9 Å². The topological polar surface area (TPSA) is 35.6 Å². The molecule has 1 aromatic rings. The molecule has 1 saturated heterocycles. The molecule has 2 fully saturated rings. The van der Waals surface area contributed by atoms with Gasteiger partial charge in [0, 0.05) is 24.7 Å². The van der Waals surface area contributed by atoms with Crippen molar-refractivity contribution in [3.8, 4) is 0 Å². The standard InChI is InChI=1S/C19H27Cl2N3O/c1-13(19(25)22-18-6-5-16(20)9-17(18)21)24-8-7-15(12-24)11-23(2)10-14-3-4-14/h5-6,9,13-15H,3-4,7-8,10-12H2,1-2H3,(H,22,25)/t13-,15+/m1/s1. The summed E-state index contributed by atoms with van der Waals surface area (Å²) in [6.07, 6.45) is 3.95. The Balaban J connectivity index is 1.48. The van der Waals surface area contributed by atoms with Gasteiger partial charge in [-0.05, 0) is 69.8 Å². The van der Waals surface area contributed by atoms with E-state index in [1.54, 1.807) is 18.2 Å². The zero-order valence-corrected chi connectivity index (χ0v) is 16.5. The Morgan fingerprint density at radius 2 is 2.00 bits per heavy atom. The molecule has 25 heavy (non-hydrogen) atoms. The Bertz CT molecular complexity index is 621. The Hall–Kier alpha value is -0.810. The summed E-state index contributed by atoms with van der Waals surface area (Å²) in [4.78, 5) is 17.3. The van der Waals surface area contributed by atoms with Crippen LogP contribution in [0.4, 0.5) is 5.69 Å². The molecule has 138 valence electrons. The van der Waals surface area contributed by atoms with Gasteiger partial charge in [0.15, 0.2) is 0 Å². The van der Waals surface area contributed by atoms with Crippen LogP contribution in [0.5, 0.6) is 0 Å². The van der Waals surface area contributed by atoms with Gasteiger partial charge in [0.25, 0.3) is 0 Å². The highest BCUT2D eigenvalue weighted by Gasteiger charge is 2.31. The molecule has 6 heteroatoms. The maximum atomic E-state index is 12.6. The molecule has 0 spiro atoms. The molecular weight excluding hydrogens is 357 g/mol. The van der Waals surface area contributed by atoms with Gasteiger partial charge in [-0.25, -0.2) is 0 Å². The number of likely N-dealkylation sites (tertiary alicyclic amines) is 1. The second-order valence-corrected chi connectivity index (χ2v) is 8.45. The lowest BCUT2D eigenvalue weighted by molar-refractivity contribution is -0.120. The van der Waals surface area contributed by atoms with Gasteiger partial charge in [0.1, 0.15) is 0 Å². The van der Waals surface area contributed by atoms with Crippen molar-refractivity contribution < 1.29 is 4.79 Å². The van der Waals surface area contributed by atoms with E-state index in [4.69, 9.17) is 23.2 Å². The first-order valence-corrected chi connectivity index (χ1v) is 9.86. The van der Waals surface area contributed by atoms with Gasteiger partial charge < -0.3 is 10.2 Å². The average molecular weight is 384 g/mol. The predicted molar refractivity (Wildman–Crippen MR) is 104 cm³/mol. The van der Waals surface area contributed by atoms with Gasteiger partial charge in [-0.2, -0.15) is 0 Å². The monoisotopic (exact) mass is 383 g/mol. The molecule has 2 aliphatic rings. The van der Waals surface area contributed by atoms with Crippen LogP contribution in [0, 0.1) is 11.8 Å². The lowest BCUT2D eigenvalue weighted by Crippen LogP contribution is -2.41. The van der Waals surface area contributed by atoms with Crippen molar-refractivity contribution in [1.29, 1.82) is 0 Å². The highest BCUT2D eigenvalue weighted by molar-refractivity contribution is 6.36. The summed E-state index contributed by atoms with van der Waals surface area (Å²) in [5.41, 5.74) is 0.614. The van der Waals surface area contributed by atoms with Crippen molar-refractivity contribution in [2.45, 2.75) is 32.2 Å². The van der Waals surface area contributed by atoms with E-state index in [0.29, 0.717) is 21.7 Å². The van der Waals surface area contributed by atoms with Crippen LogP contribution in [0.1, 0.15) is 26.2 Å². The molecule has 1 N–H and O–H groups in total. The summed E-state index contributed by atoms with van der Waals surface area (Å²) in [6.45, 7) is 6.28. The maximum absolute atomic E-state index is 12.6. The van der Waals surface area contributed by atoms with Crippen LogP contribution in [0.25, 0.3) is 0 Å². The third kappa shape index (κ3) is 5.33. The predicted octanol–water partition coefficient (Wildman–Crippen LogP) is 3.98. The fraction of sp³-hybridized carbons (Fsp3) is 0.632. The fourth-order valence-corrected chi connectivity index (χ4v) is 4.07. The maximum Gasteiger partial charge on any atom is 0.241 e. The summed E-state index contributed by atoms with van der Waals surface area (Å²) < 4.78 is 0. The van der Waals surface area contributed by atoms with Crippen molar-refractivity contribution in [2.75, 3.05) is 38.5 Å². The normalized spacial score (nSPS) is 22.4. The SMILES string of the molecule is C[C@H](C(=O)Nc1ccc(Cl)cc1Cl)N1CC[C@@H](CN(C)CC2CC2)C1. The van der Waals surface area contributed by atoms with Crippen LogP contribution >= 0.6 is 23.2 Å². The van der Waals surface area contributed by atoms with Crippen molar-refractivity contribution in [3.05, 3.63) is 28.2 Å². The molecule has 2 atom stereocenters. The summed E-state index contributed by atoms with van der Waals surface area (Å²) in [6, 6.07) is 4.96. The number of nitrogens with zero attached hydrogens (tertiary/aromatic N) is 2. The summed E-state index contributed by atoms with van der Waals surface area (Å²) >= 11 is 12.0. The van der Waals surface area contributed by atoms with E-state index in [1.165, 1.54) is 19.4 Å². The minimum absolute atomic E-state index is 0.0174. The second-order valence-electron chi connectivity index (χ2n) is 7.60. The number of amides is 1. The first-order valence-electron chi connectivity index (χ1n) is 9.11. The van der Waals surface area contributed by atoms with Crippen LogP contribution < -0.4 is 5.32 Å². The number of hydrogen-bond acceptors (Lipinski definition) is 3. The number of carbonyl (C=O) groups excluding carboxylic acids is 1. The number of rotatable bonds is 7. The minimum atomic E-state index is -0.162. The van der Waals surface area contributed by atoms with Crippen LogP contribution in [-0.2, 0) is 4.79 Å². The number of anilines is 1. The highest BCUT2D eigenvalue weighted by atomic mass is 35.5. The third-order valence-corrected chi connectivity index (χ3v) is 5.82. The number of nitrogens with one attached hydrogen (secondary N) is 1. The number of halogens is 2. The van der Waals surface area contributed by atoms with Gasteiger partial charge in [-0.1, -0.05) is 23.2 Å². The number of benzene rings is 1. The highest BCUT2D eigenvalue weighted by Crippen LogP contribution is 2.30.